The molecule has 2 N–H and O–H groups in total. The van der Waals surface area contributed by atoms with Gasteiger partial charge in [-0.2, -0.15) is 0 Å². The second-order valence-electron chi connectivity index (χ2n) is 6.38. The van der Waals surface area contributed by atoms with Gasteiger partial charge in [0.15, 0.2) is 0 Å². The number of benzene rings is 2. The first-order valence-corrected chi connectivity index (χ1v) is 8.90. The summed E-state index contributed by atoms with van der Waals surface area (Å²) in [5, 5.41) is 5.85. The molecule has 0 aliphatic rings. The maximum Gasteiger partial charge on any atom is 0.260 e. The van der Waals surface area contributed by atoms with Gasteiger partial charge in [0.1, 0.15) is 11.6 Å². The number of carbonyl (C=O) groups is 1. The number of hydrogen-bond donors (Lipinski definition) is 2. The molecule has 0 saturated heterocycles. The van der Waals surface area contributed by atoms with Crippen molar-refractivity contribution in [3.8, 4) is 0 Å². The molecule has 1 heterocycles. The van der Waals surface area contributed by atoms with Gasteiger partial charge >= 0.3 is 0 Å². The molecule has 0 aliphatic heterocycles. The quantitative estimate of drug-likeness (QED) is 0.568. The average molecular weight is 384 g/mol. The molecule has 0 saturated carbocycles. The van der Waals surface area contributed by atoms with E-state index in [4.69, 9.17) is 11.6 Å². The molecule has 3 rings (SSSR count). The fourth-order valence-corrected chi connectivity index (χ4v) is 2.80. The Morgan fingerprint density at radius 1 is 1.04 bits per heavy atom. The van der Waals surface area contributed by atoms with Crippen LogP contribution in [0.3, 0.4) is 0 Å². The summed E-state index contributed by atoms with van der Waals surface area (Å²) >= 11 is 5.91. The number of halogens is 2. The number of anilines is 3. The zero-order valence-corrected chi connectivity index (χ0v) is 15.7. The van der Waals surface area contributed by atoms with Crippen molar-refractivity contribution in [1.29, 1.82) is 0 Å². The fourth-order valence-electron chi connectivity index (χ4n) is 2.55. The third kappa shape index (κ3) is 4.63. The van der Waals surface area contributed by atoms with Gasteiger partial charge in [-0.3, -0.25) is 4.79 Å². The Morgan fingerprint density at radius 2 is 1.74 bits per heavy atom. The predicted molar refractivity (Wildman–Crippen MR) is 107 cm³/mol. The molecule has 0 aliphatic carbocycles. The summed E-state index contributed by atoms with van der Waals surface area (Å²) in [7, 11) is 0. The minimum atomic E-state index is -0.670. The van der Waals surface area contributed by atoms with Crippen molar-refractivity contribution >= 4 is 34.7 Å². The van der Waals surface area contributed by atoms with Gasteiger partial charge in [-0.15, -0.1) is 0 Å². The van der Waals surface area contributed by atoms with E-state index in [1.807, 2.05) is 12.1 Å². The van der Waals surface area contributed by atoms with Gasteiger partial charge in [0.2, 0.25) is 0 Å². The summed E-state index contributed by atoms with van der Waals surface area (Å²) in [6, 6.07) is 15.6. The van der Waals surface area contributed by atoms with E-state index in [0.717, 1.165) is 5.69 Å². The summed E-state index contributed by atoms with van der Waals surface area (Å²) < 4.78 is 13.8. The molecule has 0 atom stereocenters. The minimum absolute atomic E-state index is 0.0589. The second-order valence-corrected chi connectivity index (χ2v) is 6.79. The molecule has 1 amide bonds. The van der Waals surface area contributed by atoms with Crippen molar-refractivity contribution in [2.24, 2.45) is 0 Å². The minimum Gasteiger partial charge on any atom is -0.340 e. The van der Waals surface area contributed by atoms with Crippen LogP contribution in [-0.4, -0.2) is 10.9 Å². The van der Waals surface area contributed by atoms with E-state index in [2.05, 4.69) is 41.6 Å². The molecule has 6 heteroatoms. The van der Waals surface area contributed by atoms with Crippen LogP contribution in [0, 0.1) is 5.82 Å². The van der Waals surface area contributed by atoms with Crippen molar-refractivity contribution in [1.82, 2.24) is 4.98 Å². The first-order valence-electron chi connectivity index (χ1n) is 8.52. The van der Waals surface area contributed by atoms with Crippen LogP contribution >= 0.6 is 11.6 Å². The largest absolute Gasteiger partial charge is 0.340 e. The third-order valence-electron chi connectivity index (χ3n) is 4.06. The van der Waals surface area contributed by atoms with Gasteiger partial charge in [0.25, 0.3) is 5.91 Å². The Hall–Kier alpha value is -2.92. The van der Waals surface area contributed by atoms with E-state index in [9.17, 15) is 9.18 Å². The van der Waals surface area contributed by atoms with Crippen LogP contribution in [0.25, 0.3) is 0 Å². The second kappa shape index (κ2) is 8.18. The number of nitrogens with zero attached hydrogens (tertiary/aromatic N) is 1. The van der Waals surface area contributed by atoms with E-state index in [1.54, 1.807) is 12.1 Å². The van der Waals surface area contributed by atoms with Crippen molar-refractivity contribution in [2.75, 3.05) is 10.6 Å². The van der Waals surface area contributed by atoms with E-state index < -0.39 is 11.7 Å². The van der Waals surface area contributed by atoms with Gasteiger partial charge in [-0.1, -0.05) is 43.6 Å². The Balaban J connectivity index is 1.67. The monoisotopic (exact) mass is 383 g/mol. The predicted octanol–water partition coefficient (Wildman–Crippen LogP) is 5.99. The number of amides is 1. The van der Waals surface area contributed by atoms with E-state index in [0.29, 0.717) is 17.4 Å². The van der Waals surface area contributed by atoms with Crippen molar-refractivity contribution < 1.29 is 9.18 Å². The SMILES string of the molecule is CC(C)c1ccc(Nc2ccc(NC(=O)c3c(F)cccc3Cl)cn2)cc1. The number of nitrogens with one attached hydrogen (secondary N) is 2. The Kier molecular flexibility index (Phi) is 5.72. The zero-order chi connectivity index (χ0) is 19.4. The van der Waals surface area contributed by atoms with Crippen molar-refractivity contribution in [2.45, 2.75) is 19.8 Å². The molecule has 2 aromatic carbocycles. The topological polar surface area (TPSA) is 54.0 Å². The van der Waals surface area contributed by atoms with E-state index in [1.165, 1.54) is 30.0 Å². The molecule has 0 radical (unpaired) electrons. The lowest BCUT2D eigenvalue weighted by Crippen LogP contribution is -2.14. The lowest BCUT2D eigenvalue weighted by Gasteiger charge is -2.10. The summed E-state index contributed by atoms with van der Waals surface area (Å²) in [5.74, 6) is -0.182. The van der Waals surface area contributed by atoms with Crippen LogP contribution in [-0.2, 0) is 0 Å². The van der Waals surface area contributed by atoms with Gasteiger partial charge in [-0.05, 0) is 47.9 Å². The zero-order valence-electron chi connectivity index (χ0n) is 15.0. The van der Waals surface area contributed by atoms with Gasteiger partial charge in [0, 0.05) is 5.69 Å². The highest BCUT2D eigenvalue weighted by Crippen LogP contribution is 2.22. The molecule has 1 aromatic heterocycles. The van der Waals surface area contributed by atoms with Gasteiger partial charge in [-0.25, -0.2) is 9.37 Å². The molecule has 0 bridgehead atoms. The number of pyridine rings is 1. The highest BCUT2D eigenvalue weighted by molar-refractivity contribution is 6.34. The van der Waals surface area contributed by atoms with Crippen LogP contribution in [0.4, 0.5) is 21.6 Å². The van der Waals surface area contributed by atoms with E-state index in [-0.39, 0.29) is 10.6 Å². The normalized spacial score (nSPS) is 10.7. The number of rotatable bonds is 5. The lowest BCUT2D eigenvalue weighted by molar-refractivity contribution is 0.102. The molecular formula is C21H19ClFN3O. The molecule has 27 heavy (non-hydrogen) atoms. The third-order valence-corrected chi connectivity index (χ3v) is 4.38. The summed E-state index contributed by atoms with van der Waals surface area (Å²) in [5.41, 5.74) is 2.44. The first kappa shape index (κ1) is 18.9. The first-order chi connectivity index (χ1) is 12.9. The summed E-state index contributed by atoms with van der Waals surface area (Å²) in [6.07, 6.45) is 1.50. The molecular weight excluding hydrogens is 365 g/mol. The molecule has 3 aromatic rings. The molecule has 0 unspecified atom stereocenters. The Morgan fingerprint density at radius 3 is 2.33 bits per heavy atom. The van der Waals surface area contributed by atoms with Gasteiger partial charge in [0.05, 0.1) is 22.5 Å². The van der Waals surface area contributed by atoms with E-state index >= 15 is 0 Å². The van der Waals surface area contributed by atoms with Crippen molar-refractivity contribution in [3.63, 3.8) is 0 Å². The standard InChI is InChI=1S/C21H19ClFN3O/c1-13(2)14-6-8-15(9-7-14)25-19-11-10-16(12-24-19)26-21(27)20-17(22)4-3-5-18(20)23/h3-13H,1-2H3,(H,24,25)(H,26,27). The number of hydrogen-bond acceptors (Lipinski definition) is 3. The van der Waals surface area contributed by atoms with Crippen LogP contribution < -0.4 is 10.6 Å². The lowest BCUT2D eigenvalue weighted by atomic mass is 10.0. The highest BCUT2D eigenvalue weighted by Gasteiger charge is 2.15. The summed E-state index contributed by atoms with van der Waals surface area (Å²) in [4.78, 5) is 16.5. The Bertz CT molecular complexity index is 920. The van der Waals surface area contributed by atoms with Crippen molar-refractivity contribution in [3.05, 3.63) is 82.8 Å². The Labute approximate surface area is 162 Å². The van der Waals surface area contributed by atoms with Crippen LogP contribution in [0.1, 0.15) is 35.7 Å². The molecule has 138 valence electrons. The van der Waals surface area contributed by atoms with Gasteiger partial charge < -0.3 is 10.6 Å². The highest BCUT2D eigenvalue weighted by atomic mass is 35.5. The molecule has 0 spiro atoms. The fraction of sp³-hybridized carbons (Fsp3) is 0.143. The smallest absolute Gasteiger partial charge is 0.260 e. The maximum absolute atomic E-state index is 13.8. The molecule has 0 fully saturated rings. The van der Waals surface area contributed by atoms with Crippen LogP contribution in [0.15, 0.2) is 60.8 Å². The maximum atomic E-state index is 13.8. The van der Waals surface area contributed by atoms with Crippen LogP contribution in [0.5, 0.6) is 0 Å². The number of carbonyl (C=O) groups excluding carboxylic acids is 1. The van der Waals surface area contributed by atoms with Crippen LogP contribution in [0.2, 0.25) is 5.02 Å². The average Bonchev–Trinajstić information content (AvgIpc) is 2.63. The number of aromatic nitrogens is 1. The summed E-state index contributed by atoms with van der Waals surface area (Å²) in [6.45, 7) is 4.29. The molecule has 4 nitrogen and oxygen atoms in total.